The molecule has 5 heteroatoms. The highest BCUT2D eigenvalue weighted by Gasteiger charge is 2.05. The molecule has 0 fully saturated rings. The first-order chi connectivity index (χ1) is 8.66. The van der Waals surface area contributed by atoms with E-state index in [1.807, 2.05) is 13.8 Å². The van der Waals surface area contributed by atoms with Gasteiger partial charge in [0.15, 0.2) is 5.82 Å². The van der Waals surface area contributed by atoms with Crippen LogP contribution in [0.15, 0.2) is 17.2 Å². The van der Waals surface area contributed by atoms with E-state index >= 15 is 0 Å². The highest BCUT2D eigenvalue weighted by molar-refractivity contribution is 5.30. The number of nitrogens with zero attached hydrogens (tertiary/aromatic N) is 2. The lowest BCUT2D eigenvalue weighted by Crippen LogP contribution is -2.25. The summed E-state index contributed by atoms with van der Waals surface area (Å²) < 4.78 is 6.66. The van der Waals surface area contributed by atoms with Gasteiger partial charge >= 0.3 is 0 Å². The first-order valence-corrected chi connectivity index (χ1v) is 6.46. The van der Waals surface area contributed by atoms with Crippen molar-refractivity contribution >= 4 is 5.82 Å². The first kappa shape index (κ1) is 14.7. The number of hydrogen-bond acceptors (Lipinski definition) is 4. The number of anilines is 1. The molecule has 1 aromatic rings. The molecule has 0 unspecified atom stereocenters. The minimum absolute atomic E-state index is 0.0515. The van der Waals surface area contributed by atoms with E-state index in [1.54, 1.807) is 24.1 Å². The van der Waals surface area contributed by atoms with Crippen molar-refractivity contribution in [3.8, 4) is 0 Å². The van der Waals surface area contributed by atoms with Crippen molar-refractivity contribution in [2.24, 2.45) is 0 Å². The van der Waals surface area contributed by atoms with Gasteiger partial charge in [-0.15, -0.1) is 0 Å². The molecule has 0 amide bonds. The lowest BCUT2D eigenvalue weighted by molar-refractivity contribution is 0.192. The molecule has 5 nitrogen and oxygen atoms in total. The number of methoxy groups -OCH3 is 1. The number of aromatic nitrogens is 2. The Kier molecular flexibility index (Phi) is 6.43. The van der Waals surface area contributed by atoms with Crippen LogP contribution in [0.5, 0.6) is 0 Å². The quantitative estimate of drug-likeness (QED) is 0.720. The third kappa shape index (κ3) is 4.49. The minimum Gasteiger partial charge on any atom is -0.385 e. The average Bonchev–Trinajstić information content (AvgIpc) is 2.35. The molecule has 0 saturated heterocycles. The van der Waals surface area contributed by atoms with Crippen LogP contribution < -0.4 is 10.9 Å². The monoisotopic (exact) mass is 253 g/mol. The fraction of sp³-hybridized carbons (Fsp3) is 0.692. The Balaban J connectivity index is 2.43. The topological polar surface area (TPSA) is 56.1 Å². The first-order valence-electron chi connectivity index (χ1n) is 6.46. The second-order valence-corrected chi connectivity index (χ2v) is 4.56. The molecule has 1 aromatic heterocycles. The van der Waals surface area contributed by atoms with Gasteiger partial charge < -0.3 is 14.6 Å². The van der Waals surface area contributed by atoms with Crippen LogP contribution in [0.4, 0.5) is 5.82 Å². The summed E-state index contributed by atoms with van der Waals surface area (Å²) in [5, 5.41) is 3.10. The van der Waals surface area contributed by atoms with Gasteiger partial charge in [0.25, 0.3) is 5.56 Å². The highest BCUT2D eigenvalue weighted by atomic mass is 16.5. The van der Waals surface area contributed by atoms with E-state index in [2.05, 4.69) is 10.3 Å². The molecule has 1 rings (SSSR count). The maximum Gasteiger partial charge on any atom is 0.293 e. The van der Waals surface area contributed by atoms with E-state index in [9.17, 15) is 4.79 Å². The molecule has 0 aliphatic heterocycles. The van der Waals surface area contributed by atoms with Crippen LogP contribution in [-0.4, -0.2) is 29.8 Å². The number of rotatable bonds is 8. The summed E-state index contributed by atoms with van der Waals surface area (Å²) in [6.07, 6.45) is 6.54. The predicted octanol–water partition coefficient (Wildman–Crippen LogP) is 2.05. The van der Waals surface area contributed by atoms with Gasteiger partial charge in [-0.1, -0.05) is 0 Å². The fourth-order valence-corrected chi connectivity index (χ4v) is 1.71. The summed E-state index contributed by atoms with van der Waals surface area (Å²) in [5.74, 6) is 0.443. The molecule has 1 heterocycles. The lowest BCUT2D eigenvalue weighted by atomic mass is 10.2. The maximum atomic E-state index is 12.0. The number of nitrogens with one attached hydrogen (secondary N) is 1. The zero-order valence-corrected chi connectivity index (χ0v) is 11.5. The van der Waals surface area contributed by atoms with Crippen LogP contribution in [0.2, 0.25) is 0 Å². The molecule has 102 valence electrons. The van der Waals surface area contributed by atoms with Gasteiger partial charge in [0.2, 0.25) is 0 Å². The van der Waals surface area contributed by atoms with Crippen molar-refractivity contribution in [1.82, 2.24) is 9.55 Å². The smallest absolute Gasteiger partial charge is 0.293 e. The van der Waals surface area contributed by atoms with E-state index in [4.69, 9.17) is 4.74 Å². The Morgan fingerprint density at radius 1 is 1.39 bits per heavy atom. The summed E-state index contributed by atoms with van der Waals surface area (Å²) >= 11 is 0. The van der Waals surface area contributed by atoms with E-state index in [-0.39, 0.29) is 11.6 Å². The van der Waals surface area contributed by atoms with Gasteiger partial charge in [-0.25, -0.2) is 4.98 Å². The zero-order chi connectivity index (χ0) is 13.4. The van der Waals surface area contributed by atoms with Crippen molar-refractivity contribution < 1.29 is 4.74 Å². The summed E-state index contributed by atoms with van der Waals surface area (Å²) in [7, 11) is 1.71. The average molecular weight is 253 g/mol. The SMILES string of the molecule is COCCCCCNc1nccn(C(C)C)c1=O. The van der Waals surface area contributed by atoms with Crippen molar-refractivity contribution in [2.75, 3.05) is 25.6 Å². The van der Waals surface area contributed by atoms with Crippen molar-refractivity contribution in [3.05, 3.63) is 22.7 Å². The third-order valence-electron chi connectivity index (χ3n) is 2.74. The summed E-state index contributed by atoms with van der Waals surface area (Å²) in [6, 6.07) is 0.155. The summed E-state index contributed by atoms with van der Waals surface area (Å²) in [5.41, 5.74) is -0.0515. The third-order valence-corrected chi connectivity index (χ3v) is 2.74. The number of unbranched alkanes of at least 4 members (excludes halogenated alkanes) is 2. The summed E-state index contributed by atoms with van der Waals surface area (Å²) in [6.45, 7) is 5.53. The second kappa shape index (κ2) is 7.87. The Hall–Kier alpha value is -1.36. The lowest BCUT2D eigenvalue weighted by Gasteiger charge is -2.11. The number of hydrogen-bond donors (Lipinski definition) is 1. The Morgan fingerprint density at radius 2 is 2.17 bits per heavy atom. The zero-order valence-electron chi connectivity index (χ0n) is 11.5. The van der Waals surface area contributed by atoms with Gasteiger partial charge in [-0.05, 0) is 33.1 Å². The van der Waals surface area contributed by atoms with Gasteiger partial charge in [0, 0.05) is 38.7 Å². The van der Waals surface area contributed by atoms with Gasteiger partial charge in [0.1, 0.15) is 0 Å². The van der Waals surface area contributed by atoms with Crippen LogP contribution in [-0.2, 0) is 4.74 Å². The van der Waals surface area contributed by atoms with Gasteiger partial charge in [-0.2, -0.15) is 0 Å². The molecular formula is C13H23N3O2. The Bertz CT molecular complexity index is 401. The Morgan fingerprint density at radius 3 is 2.83 bits per heavy atom. The van der Waals surface area contributed by atoms with Crippen LogP contribution in [0.25, 0.3) is 0 Å². The minimum atomic E-state index is -0.0515. The number of ether oxygens (including phenoxy) is 1. The summed E-state index contributed by atoms with van der Waals surface area (Å²) in [4.78, 5) is 16.1. The van der Waals surface area contributed by atoms with Crippen molar-refractivity contribution in [2.45, 2.75) is 39.2 Å². The second-order valence-electron chi connectivity index (χ2n) is 4.56. The molecule has 1 N–H and O–H groups in total. The Labute approximate surface area is 108 Å². The normalized spacial score (nSPS) is 10.9. The van der Waals surface area contributed by atoms with Crippen LogP contribution in [0.3, 0.4) is 0 Å². The van der Waals surface area contributed by atoms with Crippen molar-refractivity contribution in [1.29, 1.82) is 0 Å². The maximum absolute atomic E-state index is 12.0. The van der Waals surface area contributed by atoms with Crippen molar-refractivity contribution in [3.63, 3.8) is 0 Å². The molecule has 18 heavy (non-hydrogen) atoms. The molecule has 0 atom stereocenters. The van der Waals surface area contributed by atoms with Crippen LogP contribution in [0, 0.1) is 0 Å². The van der Waals surface area contributed by atoms with E-state index in [1.165, 1.54) is 0 Å². The molecular weight excluding hydrogens is 230 g/mol. The van der Waals surface area contributed by atoms with Crippen LogP contribution in [0.1, 0.15) is 39.2 Å². The fourth-order valence-electron chi connectivity index (χ4n) is 1.71. The van der Waals surface area contributed by atoms with E-state index in [0.717, 1.165) is 32.4 Å². The largest absolute Gasteiger partial charge is 0.385 e. The molecule has 0 aliphatic carbocycles. The molecule has 0 spiro atoms. The van der Waals surface area contributed by atoms with Crippen LogP contribution >= 0.6 is 0 Å². The van der Waals surface area contributed by atoms with Gasteiger partial charge in [0.05, 0.1) is 0 Å². The molecule has 0 aliphatic rings. The van der Waals surface area contributed by atoms with E-state index < -0.39 is 0 Å². The van der Waals surface area contributed by atoms with Gasteiger partial charge in [-0.3, -0.25) is 4.79 Å². The highest BCUT2D eigenvalue weighted by Crippen LogP contribution is 2.02. The molecule has 0 aromatic carbocycles. The molecule has 0 saturated carbocycles. The predicted molar refractivity (Wildman–Crippen MR) is 73.1 cm³/mol. The van der Waals surface area contributed by atoms with E-state index in [0.29, 0.717) is 5.82 Å². The molecule has 0 radical (unpaired) electrons. The standard InChI is InChI=1S/C13H23N3O2/c1-11(2)16-9-8-15-12(13(16)17)14-7-5-4-6-10-18-3/h8-9,11H,4-7,10H2,1-3H3,(H,14,15). The molecule has 0 bridgehead atoms.